The number of aryl methyl sites for hydroxylation is 1. The van der Waals surface area contributed by atoms with Gasteiger partial charge < -0.3 is 0 Å². The lowest BCUT2D eigenvalue weighted by atomic mass is 10.1. The standard InChI is InChI=1S/C23H21ClN4O2S/c1-2-3-6-13-28-22(30)18-8-5-4-7-17(18)20(27-28)21(29)26-23-25-19(14-31-23)15-9-11-16(24)12-10-15/h4-5,7-12,14H,2-3,6,13H2,1H3,(H,25,26,29). The number of rotatable bonds is 7. The number of fused-ring (bicyclic) bond motifs is 1. The third-order valence-corrected chi connectivity index (χ3v) is 5.93. The van der Waals surface area contributed by atoms with Crippen molar-refractivity contribution < 1.29 is 4.79 Å². The number of hydrogen-bond acceptors (Lipinski definition) is 5. The number of halogens is 1. The Kier molecular flexibility index (Phi) is 6.44. The maximum absolute atomic E-state index is 13.1. The van der Waals surface area contributed by atoms with Crippen molar-refractivity contribution in [2.24, 2.45) is 0 Å². The van der Waals surface area contributed by atoms with E-state index in [1.165, 1.54) is 16.0 Å². The summed E-state index contributed by atoms with van der Waals surface area (Å²) in [7, 11) is 0. The quantitative estimate of drug-likeness (QED) is 0.369. The van der Waals surface area contributed by atoms with E-state index < -0.39 is 5.91 Å². The smallest absolute Gasteiger partial charge is 0.278 e. The normalized spacial score (nSPS) is 11.0. The number of carbonyl (C=O) groups is 1. The van der Waals surface area contributed by atoms with Crippen molar-refractivity contribution in [3.8, 4) is 11.3 Å². The molecule has 4 rings (SSSR count). The van der Waals surface area contributed by atoms with Crippen molar-refractivity contribution in [1.82, 2.24) is 14.8 Å². The van der Waals surface area contributed by atoms with Gasteiger partial charge in [-0.15, -0.1) is 11.3 Å². The molecule has 2 aromatic heterocycles. The zero-order valence-corrected chi connectivity index (χ0v) is 18.5. The van der Waals surface area contributed by atoms with Crippen LogP contribution in [0.5, 0.6) is 0 Å². The highest BCUT2D eigenvalue weighted by molar-refractivity contribution is 7.14. The molecule has 8 heteroatoms. The van der Waals surface area contributed by atoms with Gasteiger partial charge in [0, 0.05) is 27.9 Å². The molecule has 0 fully saturated rings. The molecule has 0 atom stereocenters. The second kappa shape index (κ2) is 9.41. The molecule has 0 bridgehead atoms. The number of anilines is 1. The van der Waals surface area contributed by atoms with Crippen molar-refractivity contribution in [2.45, 2.75) is 32.7 Å². The average Bonchev–Trinajstić information content (AvgIpc) is 3.24. The summed E-state index contributed by atoms with van der Waals surface area (Å²) < 4.78 is 1.40. The Hall–Kier alpha value is -3.03. The zero-order chi connectivity index (χ0) is 21.8. The molecule has 2 aromatic carbocycles. The van der Waals surface area contributed by atoms with E-state index in [9.17, 15) is 9.59 Å². The second-order valence-electron chi connectivity index (χ2n) is 7.13. The summed E-state index contributed by atoms with van der Waals surface area (Å²) >= 11 is 7.28. The molecule has 158 valence electrons. The topological polar surface area (TPSA) is 76.9 Å². The number of aromatic nitrogens is 3. The van der Waals surface area contributed by atoms with E-state index in [-0.39, 0.29) is 11.3 Å². The van der Waals surface area contributed by atoms with Crippen molar-refractivity contribution in [3.05, 3.63) is 75.0 Å². The fourth-order valence-electron chi connectivity index (χ4n) is 3.31. The van der Waals surface area contributed by atoms with Crippen LogP contribution in [0.4, 0.5) is 5.13 Å². The fraction of sp³-hybridized carbons (Fsp3) is 0.217. The van der Waals surface area contributed by atoms with Crippen LogP contribution in [0, 0.1) is 0 Å². The maximum atomic E-state index is 13.1. The van der Waals surface area contributed by atoms with Crippen LogP contribution in [-0.2, 0) is 6.54 Å². The van der Waals surface area contributed by atoms with Crippen LogP contribution < -0.4 is 10.9 Å². The van der Waals surface area contributed by atoms with Crippen molar-refractivity contribution in [3.63, 3.8) is 0 Å². The predicted octanol–water partition coefficient (Wildman–Crippen LogP) is 5.62. The molecular formula is C23H21ClN4O2S. The number of benzene rings is 2. The Morgan fingerprint density at radius 3 is 2.58 bits per heavy atom. The predicted molar refractivity (Wildman–Crippen MR) is 126 cm³/mol. The first-order valence-corrected chi connectivity index (χ1v) is 11.3. The van der Waals surface area contributed by atoms with Gasteiger partial charge in [0.05, 0.1) is 11.1 Å². The summed E-state index contributed by atoms with van der Waals surface area (Å²) in [5, 5.41) is 11.2. The van der Waals surface area contributed by atoms with Gasteiger partial charge in [-0.1, -0.05) is 61.7 Å². The SMILES string of the molecule is CCCCCn1nc(C(=O)Nc2nc(-c3ccc(Cl)cc3)cs2)c2ccccc2c1=O. The van der Waals surface area contributed by atoms with Gasteiger partial charge in [0.2, 0.25) is 0 Å². The molecule has 0 saturated carbocycles. The van der Waals surface area contributed by atoms with Crippen LogP contribution in [-0.4, -0.2) is 20.7 Å². The van der Waals surface area contributed by atoms with E-state index >= 15 is 0 Å². The van der Waals surface area contributed by atoms with Gasteiger partial charge >= 0.3 is 0 Å². The maximum Gasteiger partial charge on any atom is 0.278 e. The molecule has 0 aliphatic carbocycles. The summed E-state index contributed by atoms with van der Waals surface area (Å²) in [5.74, 6) is -0.391. The van der Waals surface area contributed by atoms with Gasteiger partial charge in [-0.05, 0) is 24.6 Å². The lowest BCUT2D eigenvalue weighted by Crippen LogP contribution is -2.27. The van der Waals surface area contributed by atoms with E-state index in [0.29, 0.717) is 27.5 Å². The van der Waals surface area contributed by atoms with E-state index in [1.807, 2.05) is 17.5 Å². The van der Waals surface area contributed by atoms with Crippen LogP contribution in [0.15, 0.2) is 58.7 Å². The fourth-order valence-corrected chi connectivity index (χ4v) is 4.15. The van der Waals surface area contributed by atoms with Crippen LogP contribution in [0.25, 0.3) is 22.0 Å². The lowest BCUT2D eigenvalue weighted by Gasteiger charge is -2.10. The molecule has 0 aliphatic rings. The minimum absolute atomic E-state index is 0.178. The Morgan fingerprint density at radius 2 is 1.84 bits per heavy atom. The van der Waals surface area contributed by atoms with Crippen molar-refractivity contribution in [1.29, 1.82) is 0 Å². The molecule has 2 heterocycles. The van der Waals surface area contributed by atoms with Crippen LogP contribution in [0.1, 0.15) is 36.7 Å². The zero-order valence-electron chi connectivity index (χ0n) is 17.0. The van der Waals surface area contributed by atoms with E-state index in [1.54, 1.807) is 36.4 Å². The molecule has 31 heavy (non-hydrogen) atoms. The average molecular weight is 453 g/mol. The van der Waals surface area contributed by atoms with Gasteiger partial charge in [0.15, 0.2) is 10.8 Å². The van der Waals surface area contributed by atoms with Crippen LogP contribution in [0.2, 0.25) is 5.02 Å². The van der Waals surface area contributed by atoms with Crippen LogP contribution >= 0.6 is 22.9 Å². The first-order valence-electron chi connectivity index (χ1n) is 10.1. The van der Waals surface area contributed by atoms with Crippen LogP contribution in [0.3, 0.4) is 0 Å². The lowest BCUT2D eigenvalue weighted by molar-refractivity contribution is 0.102. The molecule has 0 saturated heterocycles. The third kappa shape index (κ3) is 4.68. The number of thiazole rings is 1. The van der Waals surface area contributed by atoms with Gasteiger partial charge in [-0.2, -0.15) is 5.10 Å². The van der Waals surface area contributed by atoms with E-state index in [4.69, 9.17) is 11.6 Å². The summed E-state index contributed by atoms with van der Waals surface area (Å²) in [6.07, 6.45) is 2.87. The van der Waals surface area contributed by atoms with Gasteiger partial charge in [0.1, 0.15) is 0 Å². The first-order chi connectivity index (χ1) is 15.1. The highest BCUT2D eigenvalue weighted by Gasteiger charge is 2.18. The molecule has 1 amide bonds. The first kappa shape index (κ1) is 21.2. The molecule has 0 unspecified atom stereocenters. The third-order valence-electron chi connectivity index (χ3n) is 4.92. The largest absolute Gasteiger partial charge is 0.296 e. The number of unbranched alkanes of at least 4 members (excludes halogenated alkanes) is 2. The summed E-state index contributed by atoms with van der Waals surface area (Å²) in [6.45, 7) is 2.58. The number of hydrogen-bond donors (Lipinski definition) is 1. The van der Waals surface area contributed by atoms with Gasteiger partial charge in [-0.25, -0.2) is 9.67 Å². The summed E-state index contributed by atoms with van der Waals surface area (Å²) in [5.41, 5.74) is 1.70. The Balaban J connectivity index is 1.64. The van der Waals surface area contributed by atoms with E-state index in [0.717, 1.165) is 30.5 Å². The minimum atomic E-state index is -0.391. The molecule has 6 nitrogen and oxygen atoms in total. The van der Waals surface area contributed by atoms with Gasteiger partial charge in [-0.3, -0.25) is 14.9 Å². The molecule has 0 radical (unpaired) electrons. The highest BCUT2D eigenvalue weighted by atomic mass is 35.5. The van der Waals surface area contributed by atoms with Crippen molar-refractivity contribution in [2.75, 3.05) is 5.32 Å². The number of amides is 1. The molecule has 0 aliphatic heterocycles. The van der Waals surface area contributed by atoms with Crippen molar-refractivity contribution >= 4 is 44.7 Å². The second-order valence-corrected chi connectivity index (χ2v) is 8.42. The molecule has 4 aromatic rings. The monoisotopic (exact) mass is 452 g/mol. The number of nitrogens with zero attached hydrogens (tertiary/aromatic N) is 3. The molecule has 1 N–H and O–H groups in total. The van der Waals surface area contributed by atoms with E-state index in [2.05, 4.69) is 22.3 Å². The summed E-state index contributed by atoms with van der Waals surface area (Å²) in [6, 6.07) is 14.4. The molecule has 0 spiro atoms. The Labute approximate surface area is 188 Å². The number of carbonyl (C=O) groups excluding carboxylic acids is 1. The Morgan fingerprint density at radius 1 is 1.10 bits per heavy atom. The van der Waals surface area contributed by atoms with Gasteiger partial charge in [0.25, 0.3) is 11.5 Å². The summed E-state index contributed by atoms with van der Waals surface area (Å²) in [4.78, 5) is 30.4. The minimum Gasteiger partial charge on any atom is -0.296 e. The Bertz CT molecular complexity index is 1280. The number of nitrogens with one attached hydrogen (secondary N) is 1. The highest BCUT2D eigenvalue weighted by Crippen LogP contribution is 2.26. The molecular weight excluding hydrogens is 432 g/mol.